The van der Waals surface area contributed by atoms with Gasteiger partial charge in [-0.05, 0) is 6.42 Å². The average molecular weight is 282 g/mol. The minimum Gasteiger partial charge on any atom is -0.461 e. The first-order chi connectivity index (χ1) is 9.83. The third-order valence-corrected chi connectivity index (χ3v) is 3.90. The number of carbonyl (C=O) groups excluding carboxylic acids is 1. The van der Waals surface area contributed by atoms with Crippen molar-refractivity contribution < 1.29 is 9.53 Å². The molecule has 0 aromatic carbocycles. The van der Waals surface area contributed by atoms with Gasteiger partial charge in [0.25, 0.3) is 0 Å². The molecule has 1 N–H and O–H groups in total. The number of rotatable bonds is 12. The zero-order valence-corrected chi connectivity index (χ0v) is 13.2. The second-order valence-electron chi connectivity index (χ2n) is 5.89. The second kappa shape index (κ2) is 12.2. The van der Waals surface area contributed by atoms with Crippen LogP contribution in [0.2, 0.25) is 0 Å². The van der Waals surface area contributed by atoms with Crippen LogP contribution in [0.1, 0.15) is 84.0 Å². The van der Waals surface area contributed by atoms with E-state index in [1.807, 2.05) is 6.54 Å². The molecule has 0 bridgehead atoms. The molecular formula is C17H32NO2. The van der Waals surface area contributed by atoms with Crippen molar-refractivity contribution >= 4 is 5.97 Å². The molecule has 1 unspecified atom stereocenters. The standard InChI is InChI=1S/C17H32NO2/c1-2-3-4-5-6-7-8-9-10-11-12-17(19)20-16-13-14-18-15-16/h14,16,18H,2-13,15H2,1H3. The summed E-state index contributed by atoms with van der Waals surface area (Å²) < 4.78 is 5.36. The molecule has 0 spiro atoms. The maximum atomic E-state index is 11.6. The largest absolute Gasteiger partial charge is 0.461 e. The summed E-state index contributed by atoms with van der Waals surface area (Å²) in [6, 6.07) is 0. The van der Waals surface area contributed by atoms with Crippen LogP contribution in [0, 0.1) is 6.54 Å². The Morgan fingerprint density at radius 1 is 1.05 bits per heavy atom. The lowest BCUT2D eigenvalue weighted by Gasteiger charge is -2.10. The Labute approximate surface area is 124 Å². The number of nitrogens with one attached hydrogen (secondary N) is 1. The number of carbonyl (C=O) groups is 1. The van der Waals surface area contributed by atoms with Crippen LogP contribution < -0.4 is 5.32 Å². The molecule has 0 aromatic heterocycles. The van der Waals surface area contributed by atoms with Gasteiger partial charge in [0.05, 0.1) is 0 Å². The molecule has 1 saturated heterocycles. The van der Waals surface area contributed by atoms with Crippen molar-refractivity contribution in [2.75, 3.05) is 6.54 Å². The van der Waals surface area contributed by atoms with E-state index in [2.05, 4.69) is 12.2 Å². The van der Waals surface area contributed by atoms with Crippen LogP contribution in [0.4, 0.5) is 0 Å². The summed E-state index contributed by atoms with van der Waals surface area (Å²) in [5.74, 6) is -0.0216. The molecule has 0 aliphatic carbocycles. The van der Waals surface area contributed by atoms with Crippen molar-refractivity contribution in [1.29, 1.82) is 0 Å². The molecule has 0 amide bonds. The highest BCUT2D eigenvalue weighted by atomic mass is 16.5. The smallest absolute Gasteiger partial charge is 0.306 e. The Kier molecular flexibility index (Phi) is 10.7. The van der Waals surface area contributed by atoms with Crippen molar-refractivity contribution in [1.82, 2.24) is 5.32 Å². The predicted molar refractivity (Wildman–Crippen MR) is 83.3 cm³/mol. The molecule has 1 aliphatic heterocycles. The van der Waals surface area contributed by atoms with Crippen molar-refractivity contribution in [3.63, 3.8) is 0 Å². The zero-order valence-electron chi connectivity index (χ0n) is 13.2. The van der Waals surface area contributed by atoms with Gasteiger partial charge < -0.3 is 10.1 Å². The van der Waals surface area contributed by atoms with E-state index < -0.39 is 0 Å². The Hall–Kier alpha value is -0.570. The fourth-order valence-corrected chi connectivity index (χ4v) is 2.60. The molecule has 1 rings (SSSR count). The van der Waals surface area contributed by atoms with E-state index in [1.54, 1.807) is 0 Å². The van der Waals surface area contributed by atoms with Crippen molar-refractivity contribution in [3.05, 3.63) is 6.54 Å². The van der Waals surface area contributed by atoms with Gasteiger partial charge in [0.15, 0.2) is 0 Å². The minimum absolute atomic E-state index is 0.0216. The third kappa shape index (κ3) is 9.35. The molecule has 3 nitrogen and oxygen atoms in total. The van der Waals surface area contributed by atoms with Gasteiger partial charge in [-0.1, -0.05) is 64.7 Å². The van der Waals surface area contributed by atoms with E-state index in [9.17, 15) is 4.79 Å². The van der Waals surface area contributed by atoms with Gasteiger partial charge in [-0.25, -0.2) is 0 Å². The molecule has 1 radical (unpaired) electrons. The van der Waals surface area contributed by atoms with Gasteiger partial charge in [-0.2, -0.15) is 0 Å². The molecule has 20 heavy (non-hydrogen) atoms. The van der Waals surface area contributed by atoms with Gasteiger partial charge in [-0.15, -0.1) is 0 Å². The summed E-state index contributed by atoms with van der Waals surface area (Å²) in [5.41, 5.74) is 0. The third-order valence-electron chi connectivity index (χ3n) is 3.90. The highest BCUT2D eigenvalue weighted by Gasteiger charge is 2.18. The first kappa shape index (κ1) is 17.5. The number of unbranched alkanes of at least 4 members (excludes halogenated alkanes) is 9. The average Bonchev–Trinajstić information content (AvgIpc) is 2.93. The maximum absolute atomic E-state index is 11.6. The number of hydrogen-bond acceptors (Lipinski definition) is 3. The summed E-state index contributed by atoms with van der Waals surface area (Å²) in [6.07, 6.45) is 14.5. The molecule has 1 fully saturated rings. The summed E-state index contributed by atoms with van der Waals surface area (Å²) in [4.78, 5) is 11.6. The fraction of sp³-hybridized carbons (Fsp3) is 0.882. The first-order valence-electron chi connectivity index (χ1n) is 8.57. The maximum Gasteiger partial charge on any atom is 0.306 e. The Morgan fingerprint density at radius 3 is 2.20 bits per heavy atom. The van der Waals surface area contributed by atoms with Crippen LogP contribution in [-0.4, -0.2) is 18.6 Å². The van der Waals surface area contributed by atoms with E-state index >= 15 is 0 Å². The summed E-state index contributed by atoms with van der Waals surface area (Å²) in [5, 5.41) is 3.08. The van der Waals surface area contributed by atoms with Gasteiger partial charge in [0, 0.05) is 25.9 Å². The second-order valence-corrected chi connectivity index (χ2v) is 5.89. The lowest BCUT2D eigenvalue weighted by atomic mass is 10.1. The summed E-state index contributed by atoms with van der Waals surface area (Å²) >= 11 is 0. The Balaban J connectivity index is 1.78. The molecule has 0 saturated carbocycles. The van der Waals surface area contributed by atoms with Crippen LogP contribution in [0.15, 0.2) is 0 Å². The SMILES string of the molecule is CCCCCCCCCCCCC(=O)OC1C[CH]NC1. The van der Waals surface area contributed by atoms with Crippen molar-refractivity contribution in [3.8, 4) is 0 Å². The number of hydrogen-bond donors (Lipinski definition) is 1. The minimum atomic E-state index is -0.0216. The lowest BCUT2D eigenvalue weighted by molar-refractivity contribution is -0.148. The van der Waals surface area contributed by atoms with Gasteiger partial charge in [0.1, 0.15) is 6.10 Å². The van der Waals surface area contributed by atoms with Crippen LogP contribution in [0.5, 0.6) is 0 Å². The van der Waals surface area contributed by atoms with Crippen LogP contribution in [-0.2, 0) is 9.53 Å². The predicted octanol–water partition coefficient (Wildman–Crippen LogP) is 4.36. The molecule has 117 valence electrons. The Morgan fingerprint density at radius 2 is 1.65 bits per heavy atom. The summed E-state index contributed by atoms with van der Waals surface area (Å²) in [7, 11) is 0. The molecule has 1 heterocycles. The van der Waals surface area contributed by atoms with Crippen molar-refractivity contribution in [2.24, 2.45) is 0 Å². The molecule has 3 heteroatoms. The topological polar surface area (TPSA) is 38.3 Å². The first-order valence-corrected chi connectivity index (χ1v) is 8.57. The molecule has 1 aliphatic rings. The van der Waals surface area contributed by atoms with Crippen LogP contribution in [0.3, 0.4) is 0 Å². The van der Waals surface area contributed by atoms with E-state index in [-0.39, 0.29) is 12.1 Å². The monoisotopic (exact) mass is 282 g/mol. The van der Waals surface area contributed by atoms with Gasteiger partial charge in [0.2, 0.25) is 0 Å². The zero-order chi connectivity index (χ0) is 14.5. The molecule has 0 aromatic rings. The van der Waals surface area contributed by atoms with Gasteiger partial charge in [-0.3, -0.25) is 4.79 Å². The quantitative estimate of drug-likeness (QED) is 0.427. The summed E-state index contributed by atoms with van der Waals surface area (Å²) in [6.45, 7) is 5.01. The van der Waals surface area contributed by atoms with E-state index in [4.69, 9.17) is 4.74 Å². The number of esters is 1. The Bertz CT molecular complexity index is 237. The van der Waals surface area contributed by atoms with Crippen LogP contribution in [0.25, 0.3) is 0 Å². The fourth-order valence-electron chi connectivity index (χ4n) is 2.60. The van der Waals surface area contributed by atoms with Crippen molar-refractivity contribution in [2.45, 2.75) is 90.1 Å². The van der Waals surface area contributed by atoms with Gasteiger partial charge >= 0.3 is 5.97 Å². The highest BCUT2D eigenvalue weighted by Crippen LogP contribution is 2.12. The van der Waals surface area contributed by atoms with E-state index in [0.717, 1.165) is 19.4 Å². The molecular weight excluding hydrogens is 250 g/mol. The normalized spacial score (nSPS) is 18.4. The van der Waals surface area contributed by atoms with Crippen LogP contribution >= 0.6 is 0 Å². The number of ether oxygens (including phenoxy) is 1. The lowest BCUT2D eigenvalue weighted by Crippen LogP contribution is -2.20. The highest BCUT2D eigenvalue weighted by molar-refractivity contribution is 5.69. The van der Waals surface area contributed by atoms with E-state index in [1.165, 1.54) is 57.8 Å². The van der Waals surface area contributed by atoms with E-state index in [0.29, 0.717) is 6.42 Å². The molecule has 1 atom stereocenters.